The summed E-state index contributed by atoms with van der Waals surface area (Å²) in [7, 11) is 1.84. The molecular formula is C15H18BrF2N3. The molecule has 1 heterocycles. The molecule has 0 aliphatic rings. The van der Waals surface area contributed by atoms with Gasteiger partial charge in [0.2, 0.25) is 0 Å². The molecular weight excluding hydrogens is 340 g/mol. The number of nitrogens with one attached hydrogen (secondary N) is 1. The first-order valence-electron chi connectivity index (χ1n) is 6.78. The van der Waals surface area contributed by atoms with Gasteiger partial charge in [0, 0.05) is 6.04 Å². The van der Waals surface area contributed by atoms with E-state index in [9.17, 15) is 8.78 Å². The van der Waals surface area contributed by atoms with Crippen LogP contribution in [0.2, 0.25) is 0 Å². The molecule has 21 heavy (non-hydrogen) atoms. The third-order valence-electron chi connectivity index (χ3n) is 3.38. The van der Waals surface area contributed by atoms with Crippen LogP contribution < -0.4 is 5.32 Å². The molecule has 0 bridgehead atoms. The predicted molar refractivity (Wildman–Crippen MR) is 82.2 cm³/mol. The van der Waals surface area contributed by atoms with Gasteiger partial charge in [-0.1, -0.05) is 6.07 Å². The second-order valence-electron chi connectivity index (χ2n) is 5.21. The zero-order chi connectivity index (χ0) is 15.6. The number of aromatic nitrogens is 2. The molecule has 1 atom stereocenters. The lowest BCUT2D eigenvalue weighted by molar-refractivity contribution is 0.457. The fraction of sp³-hybridized carbons (Fsp3) is 0.400. The zero-order valence-electron chi connectivity index (χ0n) is 12.2. The predicted octanol–water partition coefficient (Wildman–Crippen LogP) is 4.01. The van der Waals surface area contributed by atoms with Crippen molar-refractivity contribution in [1.82, 2.24) is 15.1 Å². The van der Waals surface area contributed by atoms with Crippen LogP contribution in [-0.4, -0.2) is 16.8 Å². The molecule has 6 heteroatoms. The maximum Gasteiger partial charge on any atom is 0.159 e. The van der Waals surface area contributed by atoms with Crippen LogP contribution >= 0.6 is 15.9 Å². The molecule has 1 unspecified atom stereocenters. The van der Waals surface area contributed by atoms with Gasteiger partial charge in [-0.2, -0.15) is 5.10 Å². The van der Waals surface area contributed by atoms with Gasteiger partial charge in [-0.05, 0) is 60.9 Å². The van der Waals surface area contributed by atoms with Crippen molar-refractivity contribution in [1.29, 1.82) is 0 Å². The van der Waals surface area contributed by atoms with E-state index in [1.165, 1.54) is 6.07 Å². The molecule has 1 N–H and O–H groups in total. The summed E-state index contributed by atoms with van der Waals surface area (Å²) >= 11 is 3.51. The molecule has 114 valence electrons. The number of nitrogens with zero attached hydrogens (tertiary/aromatic N) is 2. The van der Waals surface area contributed by atoms with Crippen LogP contribution in [0.3, 0.4) is 0 Å². The SMILES string of the molecule is CNC(Cc1ccc(F)c(F)c1)c1c(Br)cnn1C(C)C. The molecule has 2 rings (SSSR count). The van der Waals surface area contributed by atoms with Gasteiger partial charge >= 0.3 is 0 Å². The Hall–Kier alpha value is -1.27. The minimum absolute atomic E-state index is 0.0471. The fourth-order valence-electron chi connectivity index (χ4n) is 2.33. The molecule has 1 aromatic heterocycles. The Labute approximate surface area is 131 Å². The molecule has 0 aliphatic carbocycles. The van der Waals surface area contributed by atoms with Crippen molar-refractivity contribution in [3.8, 4) is 0 Å². The van der Waals surface area contributed by atoms with E-state index in [1.54, 1.807) is 12.3 Å². The smallest absolute Gasteiger partial charge is 0.159 e. The van der Waals surface area contributed by atoms with Gasteiger partial charge in [0.15, 0.2) is 11.6 Å². The molecule has 2 aromatic rings. The quantitative estimate of drug-likeness (QED) is 0.875. The largest absolute Gasteiger partial charge is 0.311 e. The number of benzene rings is 1. The number of hydrogen-bond donors (Lipinski definition) is 1. The Morgan fingerprint density at radius 2 is 2.00 bits per heavy atom. The topological polar surface area (TPSA) is 29.9 Å². The van der Waals surface area contributed by atoms with E-state index in [4.69, 9.17) is 0 Å². The van der Waals surface area contributed by atoms with Gasteiger partial charge in [0.25, 0.3) is 0 Å². The Morgan fingerprint density at radius 3 is 2.57 bits per heavy atom. The third kappa shape index (κ3) is 3.49. The van der Waals surface area contributed by atoms with Gasteiger partial charge in [-0.3, -0.25) is 4.68 Å². The summed E-state index contributed by atoms with van der Waals surface area (Å²) in [5, 5.41) is 7.57. The molecule has 0 amide bonds. The molecule has 0 saturated heterocycles. The second kappa shape index (κ2) is 6.66. The maximum atomic E-state index is 13.3. The van der Waals surface area contributed by atoms with E-state index in [0.717, 1.165) is 21.8 Å². The van der Waals surface area contributed by atoms with Crippen LogP contribution in [0.15, 0.2) is 28.9 Å². The Bertz CT molecular complexity index is 625. The number of hydrogen-bond acceptors (Lipinski definition) is 2. The van der Waals surface area contributed by atoms with Gasteiger partial charge in [-0.25, -0.2) is 8.78 Å². The van der Waals surface area contributed by atoms with E-state index in [1.807, 2.05) is 25.6 Å². The van der Waals surface area contributed by atoms with Crippen molar-refractivity contribution in [2.45, 2.75) is 32.4 Å². The standard InChI is InChI=1S/C15H18BrF2N3/c1-9(2)21-15(11(16)8-20-21)14(19-3)7-10-4-5-12(17)13(18)6-10/h4-6,8-9,14,19H,7H2,1-3H3. The van der Waals surface area contributed by atoms with E-state index < -0.39 is 11.6 Å². The first kappa shape index (κ1) is 16.1. The summed E-state index contributed by atoms with van der Waals surface area (Å²) in [4.78, 5) is 0. The summed E-state index contributed by atoms with van der Waals surface area (Å²) in [5.41, 5.74) is 1.73. The van der Waals surface area contributed by atoms with Crippen molar-refractivity contribution in [3.63, 3.8) is 0 Å². The Kier molecular flexibility index (Phi) is 5.11. The summed E-state index contributed by atoms with van der Waals surface area (Å²) in [6.07, 6.45) is 2.30. The summed E-state index contributed by atoms with van der Waals surface area (Å²) < 4.78 is 29.2. The molecule has 0 fully saturated rings. The Balaban J connectivity index is 2.32. The van der Waals surface area contributed by atoms with Crippen LogP contribution in [0, 0.1) is 11.6 Å². The lowest BCUT2D eigenvalue weighted by atomic mass is 10.0. The average molecular weight is 358 g/mol. The molecule has 3 nitrogen and oxygen atoms in total. The van der Waals surface area contributed by atoms with Gasteiger partial charge in [-0.15, -0.1) is 0 Å². The van der Waals surface area contributed by atoms with Crippen molar-refractivity contribution in [2.24, 2.45) is 0 Å². The van der Waals surface area contributed by atoms with E-state index in [2.05, 4.69) is 26.3 Å². The van der Waals surface area contributed by atoms with Crippen LogP contribution in [0.4, 0.5) is 8.78 Å². The van der Waals surface area contributed by atoms with Crippen molar-refractivity contribution in [2.75, 3.05) is 7.05 Å². The second-order valence-corrected chi connectivity index (χ2v) is 6.06. The number of halogens is 3. The summed E-state index contributed by atoms with van der Waals surface area (Å²) in [5.74, 6) is -1.65. The molecule has 0 saturated carbocycles. The fourth-order valence-corrected chi connectivity index (χ4v) is 2.88. The zero-order valence-corrected chi connectivity index (χ0v) is 13.8. The highest BCUT2D eigenvalue weighted by Gasteiger charge is 2.21. The molecule has 0 radical (unpaired) electrons. The molecule has 0 aliphatic heterocycles. The highest BCUT2D eigenvalue weighted by Crippen LogP contribution is 2.28. The minimum atomic E-state index is -0.826. The van der Waals surface area contributed by atoms with Crippen molar-refractivity contribution < 1.29 is 8.78 Å². The van der Waals surface area contributed by atoms with Gasteiger partial charge in [0.05, 0.1) is 22.4 Å². The number of likely N-dealkylation sites (N-methyl/N-ethyl adjacent to an activating group) is 1. The lowest BCUT2D eigenvalue weighted by Gasteiger charge is -2.21. The van der Waals surface area contributed by atoms with Crippen molar-refractivity contribution in [3.05, 3.63) is 51.8 Å². The normalized spacial score (nSPS) is 12.9. The summed E-state index contributed by atoms with van der Waals surface area (Å²) in [6, 6.07) is 4.17. The maximum absolute atomic E-state index is 13.3. The molecule has 0 spiro atoms. The van der Waals surface area contributed by atoms with Crippen LogP contribution in [0.5, 0.6) is 0 Å². The number of rotatable bonds is 5. The lowest BCUT2D eigenvalue weighted by Crippen LogP contribution is -2.23. The Morgan fingerprint density at radius 1 is 1.29 bits per heavy atom. The van der Waals surface area contributed by atoms with Crippen LogP contribution in [-0.2, 0) is 6.42 Å². The van der Waals surface area contributed by atoms with Crippen molar-refractivity contribution >= 4 is 15.9 Å². The van der Waals surface area contributed by atoms with Gasteiger partial charge in [0.1, 0.15) is 0 Å². The van der Waals surface area contributed by atoms with Gasteiger partial charge < -0.3 is 5.32 Å². The van der Waals surface area contributed by atoms with Crippen LogP contribution in [0.1, 0.15) is 37.2 Å². The highest BCUT2D eigenvalue weighted by molar-refractivity contribution is 9.10. The average Bonchev–Trinajstić information content (AvgIpc) is 2.82. The minimum Gasteiger partial charge on any atom is -0.311 e. The first-order chi connectivity index (χ1) is 9.93. The monoisotopic (exact) mass is 357 g/mol. The molecule has 1 aromatic carbocycles. The van der Waals surface area contributed by atoms with E-state index >= 15 is 0 Å². The van der Waals surface area contributed by atoms with E-state index in [-0.39, 0.29) is 12.1 Å². The first-order valence-corrected chi connectivity index (χ1v) is 7.57. The summed E-state index contributed by atoms with van der Waals surface area (Å²) in [6.45, 7) is 4.10. The van der Waals surface area contributed by atoms with Crippen LogP contribution in [0.25, 0.3) is 0 Å². The third-order valence-corrected chi connectivity index (χ3v) is 3.99. The van der Waals surface area contributed by atoms with E-state index in [0.29, 0.717) is 6.42 Å². The highest BCUT2D eigenvalue weighted by atomic mass is 79.9.